The van der Waals surface area contributed by atoms with Crippen LogP contribution < -0.4 is 20.1 Å². The number of halogens is 3. The van der Waals surface area contributed by atoms with E-state index in [1.165, 1.54) is 30.1 Å². The Morgan fingerprint density at radius 1 is 1.23 bits per heavy atom. The van der Waals surface area contributed by atoms with Gasteiger partial charge in [0.2, 0.25) is 22.9 Å². The smallest absolute Gasteiger partial charge is 0.427 e. The molecule has 0 aliphatic heterocycles. The average Bonchev–Trinajstić information content (AvgIpc) is 3.25. The number of benzene rings is 1. The number of carboxylic acid groups (broad SMARTS) is 1. The molecule has 0 spiro atoms. The highest BCUT2D eigenvalue weighted by Crippen LogP contribution is 2.37. The Hall–Kier alpha value is -4.33. The van der Waals surface area contributed by atoms with E-state index in [0.717, 1.165) is 6.07 Å². The molecule has 182 valence electrons. The molecular weight excluding hydrogens is 471 g/mol. The molecule has 11 nitrogen and oxygen atoms in total. The Morgan fingerprint density at radius 3 is 2.60 bits per heavy atom. The van der Waals surface area contributed by atoms with E-state index in [0.29, 0.717) is 29.3 Å². The first kappa shape index (κ1) is 23.8. The molecule has 0 aliphatic rings. The topological polar surface area (TPSA) is 156 Å². The van der Waals surface area contributed by atoms with Crippen LogP contribution in [0.2, 0.25) is 0 Å². The number of para-hydroxylation sites is 1. The number of methoxy groups -OCH3 is 1. The number of nitrogen functional groups attached to an aromatic ring is 1. The Bertz CT molecular complexity index is 1440. The van der Waals surface area contributed by atoms with Gasteiger partial charge in [0.1, 0.15) is 29.2 Å². The third kappa shape index (κ3) is 4.19. The minimum atomic E-state index is -5.14. The molecule has 4 rings (SSSR count). The molecule has 0 aliphatic carbocycles. The fraction of sp³-hybridized carbons (Fsp3) is 0.238. The number of carbonyl (C=O) groups is 1. The summed E-state index contributed by atoms with van der Waals surface area (Å²) in [6.07, 6.45) is -5.69. The van der Waals surface area contributed by atoms with Crippen LogP contribution >= 0.6 is 0 Å². The lowest BCUT2D eigenvalue weighted by atomic mass is 10.00. The van der Waals surface area contributed by atoms with E-state index in [4.69, 9.17) is 10.5 Å². The Kier molecular flexibility index (Phi) is 5.76. The Balaban J connectivity index is 1.77. The van der Waals surface area contributed by atoms with Crippen LogP contribution in [0.5, 0.6) is 5.75 Å². The van der Waals surface area contributed by atoms with Gasteiger partial charge in [0.25, 0.3) is 0 Å². The van der Waals surface area contributed by atoms with Crippen LogP contribution in [-0.4, -0.2) is 49.4 Å². The number of aliphatic hydroxyl groups is 1. The molecule has 14 heteroatoms. The van der Waals surface area contributed by atoms with Crippen LogP contribution in [-0.2, 0) is 12.1 Å². The van der Waals surface area contributed by atoms with Crippen LogP contribution in [0.15, 0.2) is 42.6 Å². The summed E-state index contributed by atoms with van der Waals surface area (Å²) in [7, 11) is 1.47. The van der Waals surface area contributed by atoms with Crippen molar-refractivity contribution in [3.8, 4) is 17.1 Å². The van der Waals surface area contributed by atoms with E-state index in [2.05, 4.69) is 20.3 Å². The number of carbonyl (C=O) groups excluding carboxylic acids is 1. The summed E-state index contributed by atoms with van der Waals surface area (Å²) < 4.78 is 46.9. The van der Waals surface area contributed by atoms with Crippen molar-refractivity contribution in [2.24, 2.45) is 0 Å². The van der Waals surface area contributed by atoms with Gasteiger partial charge < -0.3 is 25.5 Å². The molecule has 0 saturated carbocycles. The lowest BCUT2D eigenvalue weighted by molar-refractivity contribution is -0.654. The highest BCUT2D eigenvalue weighted by atomic mass is 19.4. The largest absolute Gasteiger partial charge is 0.494 e. The number of hydrogen-bond acceptors (Lipinski definition) is 9. The zero-order valence-electron chi connectivity index (χ0n) is 18.3. The second kappa shape index (κ2) is 8.47. The van der Waals surface area contributed by atoms with Gasteiger partial charge in [0, 0.05) is 17.5 Å². The van der Waals surface area contributed by atoms with Crippen molar-refractivity contribution in [3.63, 3.8) is 0 Å². The Morgan fingerprint density at radius 2 is 1.94 bits per heavy atom. The van der Waals surface area contributed by atoms with Crippen molar-refractivity contribution in [2.75, 3.05) is 12.8 Å². The predicted molar refractivity (Wildman–Crippen MR) is 112 cm³/mol. The molecule has 4 aromatic rings. The first-order valence-corrected chi connectivity index (χ1v) is 9.99. The molecule has 1 atom stereocenters. The molecule has 1 unspecified atom stereocenters. The highest BCUT2D eigenvalue weighted by molar-refractivity contribution is 5.95. The molecule has 0 radical (unpaired) electrons. The summed E-state index contributed by atoms with van der Waals surface area (Å²) in [5.74, 6) is 0.400. The minimum absolute atomic E-state index is 0.0524. The van der Waals surface area contributed by atoms with Gasteiger partial charge in [-0.15, -0.1) is 9.67 Å². The van der Waals surface area contributed by atoms with Gasteiger partial charge in [0.15, 0.2) is 0 Å². The number of rotatable bonds is 5. The monoisotopic (exact) mass is 489 g/mol. The summed E-state index contributed by atoms with van der Waals surface area (Å²) in [6.45, 7) is 0.141. The zero-order valence-corrected chi connectivity index (χ0v) is 18.3. The summed E-state index contributed by atoms with van der Waals surface area (Å²) in [6, 6.07) is 8.43. The zero-order chi connectivity index (χ0) is 25.5. The van der Waals surface area contributed by atoms with Gasteiger partial charge in [0.05, 0.1) is 13.3 Å². The van der Waals surface area contributed by atoms with Gasteiger partial charge in [-0.1, -0.05) is 17.3 Å². The molecule has 35 heavy (non-hydrogen) atoms. The quantitative estimate of drug-likeness (QED) is 0.387. The van der Waals surface area contributed by atoms with Crippen LogP contribution in [0.3, 0.4) is 0 Å². The number of pyridine rings is 1. The van der Waals surface area contributed by atoms with Crippen LogP contribution in [0, 0.1) is 0 Å². The van der Waals surface area contributed by atoms with Gasteiger partial charge >= 0.3 is 12.3 Å². The van der Waals surface area contributed by atoms with E-state index in [-0.39, 0.29) is 28.4 Å². The standard InChI is InChI=1S/C21H18F3N7O4/c1-20(34,21(22,23)24)15-8-3-5-11(31(15)19(32)33)9-30-10-13(28-29-30)16-12-6-4-7-14(35-2)17(12)27-18(25)26-16/h3-8,10,34H,9H2,1-2H3,(H2-,25,26,27,32,33). The lowest BCUT2D eigenvalue weighted by Crippen LogP contribution is -2.62. The molecule has 3 aromatic heterocycles. The second-order valence-electron chi connectivity index (χ2n) is 7.66. The van der Waals surface area contributed by atoms with E-state index >= 15 is 0 Å². The highest BCUT2D eigenvalue weighted by Gasteiger charge is 2.57. The van der Waals surface area contributed by atoms with E-state index in [9.17, 15) is 28.2 Å². The molecule has 1 aromatic carbocycles. The second-order valence-corrected chi connectivity index (χ2v) is 7.66. The predicted octanol–water partition coefficient (Wildman–Crippen LogP) is 0.776. The number of nitrogens with two attached hydrogens (primary N) is 1. The minimum Gasteiger partial charge on any atom is -0.494 e. The Labute approximate surface area is 195 Å². The fourth-order valence-electron chi connectivity index (χ4n) is 3.57. The third-order valence-corrected chi connectivity index (χ3v) is 5.34. The molecule has 0 saturated heterocycles. The van der Waals surface area contributed by atoms with Gasteiger partial charge in [-0.2, -0.15) is 13.2 Å². The lowest BCUT2D eigenvalue weighted by Gasteiger charge is -2.24. The summed E-state index contributed by atoms with van der Waals surface area (Å²) in [4.78, 5) is 20.2. The van der Waals surface area contributed by atoms with Gasteiger partial charge in [-0.3, -0.25) is 0 Å². The number of alkyl halides is 3. The molecule has 3 heterocycles. The average molecular weight is 489 g/mol. The van der Waals surface area contributed by atoms with Crippen LogP contribution in [0.1, 0.15) is 18.3 Å². The SMILES string of the molecule is COc1cccc2c(-c3cn(Cc4cccc(C(C)(O)C(F)(F)F)[n+]4C(=O)[O-])nn3)nc(N)nc12. The maximum atomic E-state index is 13.4. The van der Waals surface area contributed by atoms with Crippen molar-refractivity contribution < 1.29 is 37.5 Å². The van der Waals surface area contributed by atoms with Crippen molar-refractivity contribution >= 4 is 22.9 Å². The number of ether oxygens (including phenoxy) is 1. The molecule has 3 N–H and O–H groups in total. The first-order valence-electron chi connectivity index (χ1n) is 9.99. The van der Waals surface area contributed by atoms with Crippen molar-refractivity contribution in [1.29, 1.82) is 0 Å². The third-order valence-electron chi connectivity index (χ3n) is 5.34. The van der Waals surface area contributed by atoms with Crippen molar-refractivity contribution in [3.05, 3.63) is 54.0 Å². The van der Waals surface area contributed by atoms with E-state index < -0.39 is 23.6 Å². The normalized spacial score (nSPS) is 13.5. The molecular formula is C21H18F3N7O4. The van der Waals surface area contributed by atoms with Crippen LogP contribution in [0.4, 0.5) is 23.9 Å². The first-order chi connectivity index (χ1) is 16.4. The van der Waals surface area contributed by atoms with Gasteiger partial charge in [-0.05, 0) is 19.1 Å². The maximum Gasteiger partial charge on any atom is 0.427 e. The summed E-state index contributed by atoms with van der Waals surface area (Å²) >= 11 is 0. The van der Waals surface area contributed by atoms with E-state index in [1.54, 1.807) is 18.2 Å². The van der Waals surface area contributed by atoms with E-state index in [1.807, 2.05) is 0 Å². The number of hydrogen-bond donors (Lipinski definition) is 2. The van der Waals surface area contributed by atoms with Crippen molar-refractivity contribution in [1.82, 2.24) is 25.0 Å². The van der Waals surface area contributed by atoms with Crippen molar-refractivity contribution in [2.45, 2.75) is 25.2 Å². The number of aromatic nitrogens is 6. The fourth-order valence-corrected chi connectivity index (χ4v) is 3.57. The number of anilines is 1. The maximum absolute atomic E-state index is 13.4. The molecule has 0 amide bonds. The molecule has 0 fully saturated rings. The summed E-state index contributed by atoms with van der Waals surface area (Å²) in [5, 5.41) is 30.3. The number of nitrogens with zero attached hydrogens (tertiary/aromatic N) is 6. The van der Waals surface area contributed by atoms with Gasteiger partial charge in [-0.25, -0.2) is 14.6 Å². The van der Waals surface area contributed by atoms with Crippen LogP contribution in [0.25, 0.3) is 22.3 Å². The number of fused-ring (bicyclic) bond motifs is 1. The molecule has 0 bridgehead atoms. The summed E-state index contributed by atoms with van der Waals surface area (Å²) in [5.41, 5.74) is 2.30.